The molecule has 2 heterocycles. The number of carbonyl (C=O) groups is 2. The number of aliphatic hydroxyl groups is 1. The molecule has 0 aliphatic carbocycles. The Hall–Kier alpha value is -4.32. The lowest BCUT2D eigenvalue weighted by Gasteiger charge is -2.27. The van der Waals surface area contributed by atoms with Crippen LogP contribution in [-0.4, -0.2) is 23.9 Å². The highest BCUT2D eigenvalue weighted by molar-refractivity contribution is 6.20. The number of carbonyl (C=O) groups excluding carboxylic acids is 2. The van der Waals surface area contributed by atoms with Crippen LogP contribution in [0.1, 0.15) is 27.7 Å². The summed E-state index contributed by atoms with van der Waals surface area (Å²) in [6.07, 6.45) is 0. The molecule has 0 saturated carbocycles. The van der Waals surface area contributed by atoms with Crippen molar-refractivity contribution in [2.45, 2.75) is 13.0 Å². The fourth-order valence-corrected chi connectivity index (χ4v) is 4.16. The first-order chi connectivity index (χ1) is 16.0. The maximum atomic E-state index is 13.6. The number of aryl methyl sites for hydroxylation is 1. The van der Waals surface area contributed by atoms with Gasteiger partial charge in [0.2, 0.25) is 5.78 Å². The van der Waals surface area contributed by atoms with Crippen LogP contribution in [-0.2, 0) is 4.79 Å². The number of benzene rings is 3. The van der Waals surface area contributed by atoms with Gasteiger partial charge in [0.15, 0.2) is 11.5 Å². The summed E-state index contributed by atoms with van der Waals surface area (Å²) in [5, 5.41) is 11.7. The van der Waals surface area contributed by atoms with E-state index in [0.717, 1.165) is 10.9 Å². The minimum Gasteiger partial charge on any atom is -0.503 e. The van der Waals surface area contributed by atoms with E-state index in [4.69, 9.17) is 9.15 Å². The van der Waals surface area contributed by atoms with E-state index >= 15 is 0 Å². The van der Waals surface area contributed by atoms with Gasteiger partial charge in [0, 0.05) is 11.1 Å². The van der Waals surface area contributed by atoms with Crippen molar-refractivity contribution in [1.29, 1.82) is 0 Å². The summed E-state index contributed by atoms with van der Waals surface area (Å²) in [6, 6.07) is 22.5. The molecule has 1 aliphatic rings. The van der Waals surface area contributed by atoms with Crippen LogP contribution in [0.15, 0.2) is 94.6 Å². The molecule has 1 amide bonds. The zero-order valence-electron chi connectivity index (χ0n) is 18.1. The van der Waals surface area contributed by atoms with E-state index < -0.39 is 23.5 Å². The van der Waals surface area contributed by atoms with E-state index in [1.54, 1.807) is 55.6 Å². The lowest BCUT2D eigenvalue weighted by Crippen LogP contribution is -2.31. The first kappa shape index (κ1) is 20.6. The van der Waals surface area contributed by atoms with Gasteiger partial charge in [-0.3, -0.25) is 14.5 Å². The van der Waals surface area contributed by atoms with Crippen molar-refractivity contribution in [3.63, 3.8) is 0 Å². The molecule has 0 fully saturated rings. The number of Topliss-reactive ketones (excluding diaryl/α,β-unsaturated/α-hetero) is 1. The first-order valence-electron chi connectivity index (χ1n) is 10.5. The first-order valence-corrected chi connectivity index (χ1v) is 10.5. The van der Waals surface area contributed by atoms with Crippen molar-refractivity contribution in [3.8, 4) is 5.75 Å². The highest BCUT2D eigenvalue weighted by Crippen LogP contribution is 2.43. The molecule has 3 aromatic carbocycles. The molecular formula is C27H21NO5. The molecule has 6 nitrogen and oxygen atoms in total. The van der Waals surface area contributed by atoms with Gasteiger partial charge in [-0.05, 0) is 48.9 Å². The second kappa shape index (κ2) is 7.98. The van der Waals surface area contributed by atoms with E-state index in [1.807, 2.05) is 37.3 Å². The predicted molar refractivity (Wildman–Crippen MR) is 125 cm³/mol. The second-order valence-corrected chi connectivity index (χ2v) is 7.93. The molecule has 33 heavy (non-hydrogen) atoms. The number of methoxy groups -OCH3 is 1. The van der Waals surface area contributed by atoms with Crippen LogP contribution < -0.4 is 9.64 Å². The van der Waals surface area contributed by atoms with Crippen molar-refractivity contribution in [3.05, 3.63) is 107 Å². The smallest absolute Gasteiger partial charge is 0.294 e. The molecule has 1 aromatic heterocycles. The number of nitrogens with zero attached hydrogens (tertiary/aromatic N) is 1. The van der Waals surface area contributed by atoms with Crippen LogP contribution in [0, 0.1) is 6.92 Å². The lowest BCUT2D eigenvalue weighted by atomic mass is 9.94. The number of ketones is 1. The summed E-state index contributed by atoms with van der Waals surface area (Å²) in [6.45, 7) is 1.95. The fourth-order valence-electron chi connectivity index (χ4n) is 4.16. The van der Waals surface area contributed by atoms with Crippen LogP contribution in [0.4, 0.5) is 5.69 Å². The third kappa shape index (κ3) is 3.46. The summed E-state index contributed by atoms with van der Waals surface area (Å²) in [7, 11) is 1.55. The number of para-hydroxylation sites is 1. The number of ether oxygens (including phenoxy) is 1. The zero-order valence-corrected chi connectivity index (χ0v) is 18.1. The molecule has 5 rings (SSSR count). The van der Waals surface area contributed by atoms with Gasteiger partial charge in [0.05, 0.1) is 18.7 Å². The van der Waals surface area contributed by atoms with Crippen molar-refractivity contribution in [1.82, 2.24) is 0 Å². The van der Waals surface area contributed by atoms with Gasteiger partial charge in [-0.2, -0.15) is 0 Å². The number of hydrogen-bond acceptors (Lipinski definition) is 5. The molecule has 1 N–H and O–H groups in total. The highest BCUT2D eigenvalue weighted by atomic mass is 16.5. The Kier molecular flexibility index (Phi) is 4.98. The number of furan rings is 1. The monoisotopic (exact) mass is 439 g/mol. The van der Waals surface area contributed by atoms with E-state index in [9.17, 15) is 14.7 Å². The molecule has 1 atom stereocenters. The Balaban J connectivity index is 1.67. The van der Waals surface area contributed by atoms with Crippen LogP contribution in [0.3, 0.4) is 0 Å². The van der Waals surface area contributed by atoms with Gasteiger partial charge in [0.25, 0.3) is 5.91 Å². The van der Waals surface area contributed by atoms with E-state index in [0.29, 0.717) is 22.6 Å². The predicted octanol–water partition coefficient (Wildman–Crippen LogP) is 5.53. The largest absolute Gasteiger partial charge is 0.503 e. The van der Waals surface area contributed by atoms with E-state index in [2.05, 4.69) is 0 Å². The molecule has 0 bridgehead atoms. The van der Waals surface area contributed by atoms with Crippen molar-refractivity contribution >= 4 is 28.3 Å². The third-order valence-electron chi connectivity index (χ3n) is 5.82. The van der Waals surface area contributed by atoms with Gasteiger partial charge in [-0.15, -0.1) is 0 Å². The van der Waals surface area contributed by atoms with Gasteiger partial charge in [-0.1, -0.05) is 48.0 Å². The molecular weight excluding hydrogens is 418 g/mol. The molecule has 0 saturated heterocycles. The molecule has 4 aromatic rings. The number of rotatable bonds is 5. The van der Waals surface area contributed by atoms with Gasteiger partial charge >= 0.3 is 0 Å². The van der Waals surface area contributed by atoms with Crippen LogP contribution in [0.2, 0.25) is 0 Å². The van der Waals surface area contributed by atoms with Gasteiger partial charge < -0.3 is 14.3 Å². The van der Waals surface area contributed by atoms with E-state index in [-0.39, 0.29) is 11.3 Å². The van der Waals surface area contributed by atoms with Crippen molar-refractivity contribution in [2.24, 2.45) is 0 Å². The number of anilines is 1. The maximum Gasteiger partial charge on any atom is 0.294 e. The summed E-state index contributed by atoms with van der Waals surface area (Å²) in [5.74, 6) is -1.14. The van der Waals surface area contributed by atoms with Crippen molar-refractivity contribution < 1.29 is 23.8 Å². The summed E-state index contributed by atoms with van der Waals surface area (Å²) < 4.78 is 11.1. The average Bonchev–Trinajstić information content (AvgIpc) is 3.39. The zero-order chi connectivity index (χ0) is 23.1. The van der Waals surface area contributed by atoms with E-state index in [1.165, 1.54) is 4.90 Å². The quantitative estimate of drug-likeness (QED) is 0.414. The highest BCUT2D eigenvalue weighted by Gasteiger charge is 2.45. The molecule has 0 radical (unpaired) electrons. The number of hydrogen-bond donors (Lipinski definition) is 1. The lowest BCUT2D eigenvalue weighted by molar-refractivity contribution is -0.117. The van der Waals surface area contributed by atoms with Crippen molar-refractivity contribution in [2.75, 3.05) is 12.0 Å². The number of amides is 1. The number of fused-ring (bicyclic) bond motifs is 1. The second-order valence-electron chi connectivity index (χ2n) is 7.93. The average molecular weight is 439 g/mol. The SMILES string of the molecule is COc1cccc(C2C(C(=O)c3cc4ccccc4o3)=C(O)C(=O)N2c2ccc(C)cc2)c1. The summed E-state index contributed by atoms with van der Waals surface area (Å²) in [4.78, 5) is 28.3. The number of aliphatic hydroxyl groups excluding tert-OH is 1. The standard InChI is InChI=1S/C27H21NO5/c1-16-10-12-19(13-11-16)28-24(18-7-5-8-20(14-18)32-2)23(26(30)27(28)31)25(29)22-15-17-6-3-4-9-21(17)33-22/h3-15,24,30H,1-2H3. The molecule has 1 aliphatic heterocycles. The normalized spacial score (nSPS) is 16.0. The Labute approximate surface area is 190 Å². The molecule has 0 spiro atoms. The molecule has 6 heteroatoms. The minimum absolute atomic E-state index is 0.0344. The molecule has 164 valence electrons. The summed E-state index contributed by atoms with van der Waals surface area (Å²) in [5.41, 5.74) is 2.75. The summed E-state index contributed by atoms with van der Waals surface area (Å²) >= 11 is 0. The van der Waals surface area contributed by atoms with Crippen LogP contribution in [0.5, 0.6) is 5.75 Å². The topological polar surface area (TPSA) is 80.0 Å². The Morgan fingerprint density at radius 3 is 2.48 bits per heavy atom. The van der Waals surface area contributed by atoms with Crippen LogP contribution in [0.25, 0.3) is 11.0 Å². The Morgan fingerprint density at radius 2 is 1.76 bits per heavy atom. The molecule has 1 unspecified atom stereocenters. The maximum absolute atomic E-state index is 13.6. The van der Waals surface area contributed by atoms with Gasteiger partial charge in [-0.25, -0.2) is 0 Å². The Bertz CT molecular complexity index is 1380. The van der Waals surface area contributed by atoms with Crippen LogP contribution >= 0.6 is 0 Å². The van der Waals surface area contributed by atoms with Gasteiger partial charge in [0.1, 0.15) is 11.3 Å². The third-order valence-corrected chi connectivity index (χ3v) is 5.82. The fraction of sp³-hybridized carbons (Fsp3) is 0.111. The minimum atomic E-state index is -0.851. The Morgan fingerprint density at radius 1 is 1.00 bits per heavy atom.